The van der Waals surface area contributed by atoms with Crippen LogP contribution < -0.4 is 5.32 Å². The number of likely N-dealkylation sites (tertiary alicyclic amines) is 2. The maximum absolute atomic E-state index is 14.1. The van der Waals surface area contributed by atoms with Crippen LogP contribution in [0.5, 0.6) is 0 Å². The lowest BCUT2D eigenvalue weighted by atomic mass is 10.1. The molecule has 0 atom stereocenters. The number of alkyl halides is 1. The van der Waals surface area contributed by atoms with Gasteiger partial charge in [0.1, 0.15) is 17.6 Å². The Morgan fingerprint density at radius 1 is 1.07 bits per heavy atom. The van der Waals surface area contributed by atoms with Crippen molar-refractivity contribution in [3.63, 3.8) is 0 Å². The number of benzene rings is 2. The van der Waals surface area contributed by atoms with Gasteiger partial charge in [-0.3, -0.25) is 9.20 Å². The molecule has 2 saturated heterocycles. The number of aromatic nitrogens is 2. The van der Waals surface area contributed by atoms with Gasteiger partial charge >= 0.3 is 6.09 Å². The molecule has 2 aromatic carbocycles. The number of hydrogen-bond acceptors (Lipinski definition) is 6. The first kappa shape index (κ1) is 31.8. The van der Waals surface area contributed by atoms with Crippen molar-refractivity contribution in [1.82, 2.24) is 24.5 Å². The van der Waals surface area contributed by atoms with Gasteiger partial charge in [0.15, 0.2) is 4.96 Å². The summed E-state index contributed by atoms with van der Waals surface area (Å²) in [7, 11) is 0. The van der Waals surface area contributed by atoms with E-state index >= 15 is 0 Å². The fourth-order valence-electron chi connectivity index (χ4n) is 5.40. The van der Waals surface area contributed by atoms with Gasteiger partial charge in [0, 0.05) is 50.0 Å². The summed E-state index contributed by atoms with van der Waals surface area (Å²) in [5.74, 6) is -0.402. The molecule has 0 aliphatic carbocycles. The molecule has 2 amide bonds. The lowest BCUT2D eigenvalue weighted by Gasteiger charge is -2.28. The second-order valence-corrected chi connectivity index (χ2v) is 13.4. The highest BCUT2D eigenvalue weighted by Crippen LogP contribution is 2.31. The van der Waals surface area contributed by atoms with Gasteiger partial charge in [-0.15, -0.1) is 0 Å². The van der Waals surface area contributed by atoms with Gasteiger partial charge in [-0.1, -0.05) is 23.5 Å². The van der Waals surface area contributed by atoms with E-state index in [1.54, 1.807) is 29.2 Å². The first-order chi connectivity index (χ1) is 21.1. The van der Waals surface area contributed by atoms with Crippen molar-refractivity contribution >= 4 is 38.5 Å². The number of nitrogens with one attached hydrogen (secondary N) is 1. The smallest absolute Gasteiger partial charge is 0.410 e. The number of carbonyl (C=O) groups excluding carboxylic acids is 2. The third kappa shape index (κ3) is 8.12. The van der Waals surface area contributed by atoms with Gasteiger partial charge in [-0.2, -0.15) is 0 Å². The average Bonchev–Trinajstić information content (AvgIpc) is 3.73. The highest BCUT2D eigenvalue weighted by molar-refractivity contribution is 7.23. The molecule has 2 aromatic heterocycles. The summed E-state index contributed by atoms with van der Waals surface area (Å²) in [5.41, 5.74) is 2.25. The maximum atomic E-state index is 14.1. The lowest BCUT2D eigenvalue weighted by molar-refractivity contribution is 0.0295. The Morgan fingerprint density at radius 3 is 2.50 bits per heavy atom. The molecule has 2 aliphatic rings. The summed E-state index contributed by atoms with van der Waals surface area (Å²) in [4.78, 5) is 33.3. The number of piperidine rings is 1. The zero-order valence-corrected chi connectivity index (χ0v) is 26.5. The predicted octanol–water partition coefficient (Wildman–Crippen LogP) is 6.93. The minimum Gasteiger partial charge on any atom is -0.444 e. The number of imidazole rings is 1. The quantitative estimate of drug-likeness (QED) is 0.235. The van der Waals surface area contributed by atoms with Gasteiger partial charge in [-0.25, -0.2) is 18.6 Å². The number of carbonyl (C=O) groups is 2. The summed E-state index contributed by atoms with van der Waals surface area (Å²) in [5, 5.41) is 2.98. The van der Waals surface area contributed by atoms with Crippen LogP contribution in [0.3, 0.4) is 0 Å². The Labute approximate surface area is 261 Å². The van der Waals surface area contributed by atoms with Gasteiger partial charge in [0.25, 0.3) is 5.91 Å². The first-order valence-electron chi connectivity index (χ1n) is 15.4. The Hall–Kier alpha value is -3.57. The van der Waals surface area contributed by atoms with Crippen molar-refractivity contribution in [3.05, 3.63) is 60.0 Å². The van der Waals surface area contributed by atoms with E-state index in [0.29, 0.717) is 36.2 Å². The van der Waals surface area contributed by atoms with Crippen LogP contribution in [0.15, 0.2) is 48.7 Å². The van der Waals surface area contributed by atoms with E-state index < -0.39 is 6.17 Å². The largest absolute Gasteiger partial charge is 0.444 e. The van der Waals surface area contributed by atoms with Gasteiger partial charge in [0.2, 0.25) is 0 Å². The van der Waals surface area contributed by atoms with E-state index in [2.05, 4.69) is 15.2 Å². The van der Waals surface area contributed by atoms with Crippen LogP contribution in [0.2, 0.25) is 0 Å². The molecule has 0 spiro atoms. The monoisotopic (exact) mass is 625 g/mol. The molecule has 0 unspecified atom stereocenters. The number of hydrogen-bond donors (Lipinski definition) is 1. The fraction of sp³-hybridized carbons (Fsp3) is 0.485. The lowest BCUT2D eigenvalue weighted by Crippen LogP contribution is -2.36. The summed E-state index contributed by atoms with van der Waals surface area (Å²) in [6, 6.07) is 12.2. The van der Waals surface area contributed by atoms with E-state index in [1.807, 2.05) is 43.5 Å². The standard InChI is InChI=1S/C24H24F2N4OS.C9H17NO2/c25-17-8-12-29(13-9-17)11-3-10-27-23(31)16-6-7-21-22(14-16)32-24-28-20(15-30(21)24)18-4-1-2-5-19(18)26;1-9(2,3)12-8(11)10-6-4-5-7-10/h1-2,4-7,14-15,17H,3,8-13H2,(H,27,31);4-7H2,1-3H3. The van der Waals surface area contributed by atoms with Crippen LogP contribution in [-0.4, -0.2) is 82.2 Å². The Kier molecular flexibility index (Phi) is 10.2. The molecule has 0 saturated carbocycles. The highest BCUT2D eigenvalue weighted by atomic mass is 32.1. The molecule has 1 N–H and O–H groups in total. The summed E-state index contributed by atoms with van der Waals surface area (Å²) in [6.45, 7) is 10.4. The van der Waals surface area contributed by atoms with Crippen molar-refractivity contribution < 1.29 is 23.1 Å². The van der Waals surface area contributed by atoms with Crippen molar-refractivity contribution in [1.29, 1.82) is 0 Å². The highest BCUT2D eigenvalue weighted by Gasteiger charge is 2.24. The van der Waals surface area contributed by atoms with E-state index in [-0.39, 0.29) is 23.4 Å². The van der Waals surface area contributed by atoms with Crippen LogP contribution in [-0.2, 0) is 4.74 Å². The molecule has 4 aromatic rings. The summed E-state index contributed by atoms with van der Waals surface area (Å²) in [6.07, 6.45) is 5.29. The van der Waals surface area contributed by atoms with Gasteiger partial charge in [0.05, 0.1) is 15.9 Å². The second-order valence-electron chi connectivity index (χ2n) is 12.3. The van der Waals surface area contributed by atoms with Crippen molar-refractivity contribution in [2.24, 2.45) is 0 Å². The zero-order chi connectivity index (χ0) is 31.3. The van der Waals surface area contributed by atoms with Crippen molar-refractivity contribution in [2.45, 2.75) is 64.6 Å². The molecular formula is C33H41F2N5O3S. The van der Waals surface area contributed by atoms with Crippen LogP contribution in [0, 0.1) is 5.82 Å². The molecule has 44 heavy (non-hydrogen) atoms. The van der Waals surface area contributed by atoms with Crippen molar-refractivity contribution in [2.75, 3.05) is 39.3 Å². The minimum atomic E-state index is -0.660. The Morgan fingerprint density at radius 2 is 1.80 bits per heavy atom. The minimum absolute atomic E-state index is 0.104. The zero-order valence-electron chi connectivity index (χ0n) is 25.7. The average molecular weight is 626 g/mol. The number of halogens is 2. The fourth-order valence-corrected chi connectivity index (χ4v) is 6.45. The van der Waals surface area contributed by atoms with Gasteiger partial charge < -0.3 is 19.9 Å². The number of amides is 2. The van der Waals surface area contributed by atoms with E-state index in [1.165, 1.54) is 17.4 Å². The SMILES string of the molecule is CC(C)(C)OC(=O)N1CCCC1.O=C(NCCCN1CCC(F)CC1)c1ccc2c(c1)sc1nc(-c3ccccc3F)cn12. The molecule has 2 fully saturated rings. The number of fused-ring (bicyclic) bond motifs is 3. The van der Waals surface area contributed by atoms with E-state index in [0.717, 1.165) is 67.2 Å². The Bertz CT molecular complexity index is 1580. The normalized spacial score (nSPS) is 16.2. The summed E-state index contributed by atoms with van der Waals surface area (Å²) >= 11 is 1.47. The maximum Gasteiger partial charge on any atom is 0.410 e. The molecule has 0 bridgehead atoms. The van der Waals surface area contributed by atoms with Crippen molar-refractivity contribution in [3.8, 4) is 11.3 Å². The number of thiazole rings is 1. The topological polar surface area (TPSA) is 79.2 Å². The number of ether oxygens (including phenoxy) is 1. The van der Waals surface area contributed by atoms with Gasteiger partial charge in [-0.05, 0) is 89.8 Å². The number of rotatable bonds is 6. The third-order valence-electron chi connectivity index (χ3n) is 7.72. The van der Waals surface area contributed by atoms with E-state index in [9.17, 15) is 18.4 Å². The summed E-state index contributed by atoms with van der Waals surface area (Å²) < 4.78 is 35.4. The van der Waals surface area contributed by atoms with Crippen LogP contribution in [0.25, 0.3) is 26.4 Å². The number of nitrogens with zero attached hydrogens (tertiary/aromatic N) is 4. The molecule has 0 radical (unpaired) electrons. The molecule has 11 heteroatoms. The second kappa shape index (κ2) is 14.0. The molecule has 8 nitrogen and oxygen atoms in total. The molecule has 4 heterocycles. The first-order valence-corrected chi connectivity index (χ1v) is 16.2. The van der Waals surface area contributed by atoms with Crippen LogP contribution >= 0.6 is 11.3 Å². The molecule has 236 valence electrons. The molecular weight excluding hydrogens is 584 g/mol. The van der Waals surface area contributed by atoms with Crippen LogP contribution in [0.1, 0.15) is 63.2 Å². The molecule has 6 rings (SSSR count). The van der Waals surface area contributed by atoms with E-state index in [4.69, 9.17) is 4.74 Å². The van der Waals surface area contributed by atoms with Crippen LogP contribution in [0.4, 0.5) is 13.6 Å². The Balaban J connectivity index is 0.000000270. The predicted molar refractivity (Wildman–Crippen MR) is 171 cm³/mol. The molecule has 2 aliphatic heterocycles. The third-order valence-corrected chi connectivity index (χ3v) is 8.74.